The minimum atomic E-state index is -1.17. The molecule has 0 fully saturated rings. The van der Waals surface area contributed by atoms with E-state index in [2.05, 4.69) is 0 Å². The Bertz CT molecular complexity index is 176. The van der Waals surface area contributed by atoms with E-state index < -0.39 is 24.0 Å². The van der Waals surface area contributed by atoms with E-state index in [1.807, 2.05) is 0 Å². The van der Waals surface area contributed by atoms with Gasteiger partial charge in [0.15, 0.2) is 0 Å². The van der Waals surface area contributed by atoms with Crippen LogP contribution in [0, 0.1) is 0 Å². The van der Waals surface area contributed by atoms with Gasteiger partial charge in [0.1, 0.15) is 12.0 Å². The summed E-state index contributed by atoms with van der Waals surface area (Å²) in [7, 11) is 0. The minimum Gasteiger partial charge on any atom is -1.00 e. The number of carboxylic acid groups (broad SMARTS) is 1. The molecule has 1 N–H and O–H groups in total. The summed E-state index contributed by atoms with van der Waals surface area (Å²) in [6.07, 6.45) is -0.572. The fraction of sp³-hybridized carbons (Fsp3) is 0.714. The first-order valence-electron chi connectivity index (χ1n) is 3.25. The molecule has 66 valence electrons. The van der Waals surface area contributed by atoms with Crippen molar-refractivity contribution in [2.45, 2.75) is 32.8 Å². The van der Waals surface area contributed by atoms with Gasteiger partial charge in [0.2, 0.25) is 0 Å². The van der Waals surface area contributed by atoms with Gasteiger partial charge in [0.25, 0.3) is 0 Å². The van der Waals surface area contributed by atoms with Crippen molar-refractivity contribution in [1.82, 2.24) is 0 Å². The summed E-state index contributed by atoms with van der Waals surface area (Å²) < 4.78 is 4.73. The van der Waals surface area contributed by atoms with E-state index in [9.17, 15) is 9.59 Å². The maximum Gasteiger partial charge on any atom is 1.00 e. The van der Waals surface area contributed by atoms with Crippen LogP contribution in [0.25, 0.3) is 0 Å². The first kappa shape index (κ1) is 14.1. The Labute approximate surface area is 84.9 Å². The third kappa shape index (κ3) is 9.54. The molecular formula is C7H13LiO4. The van der Waals surface area contributed by atoms with Crippen LogP contribution in [0.3, 0.4) is 0 Å². The fourth-order valence-electron chi connectivity index (χ4n) is 0.501. The van der Waals surface area contributed by atoms with Gasteiger partial charge in [-0.2, -0.15) is 0 Å². The molecule has 0 radical (unpaired) electrons. The van der Waals surface area contributed by atoms with E-state index in [0.717, 1.165) is 0 Å². The van der Waals surface area contributed by atoms with Crippen molar-refractivity contribution in [3.8, 4) is 0 Å². The zero-order valence-electron chi connectivity index (χ0n) is 8.88. The summed E-state index contributed by atoms with van der Waals surface area (Å²) in [5.41, 5.74) is -0.605. The maximum atomic E-state index is 10.7. The van der Waals surface area contributed by atoms with E-state index in [4.69, 9.17) is 9.84 Å². The fourth-order valence-corrected chi connectivity index (χ4v) is 0.501. The molecule has 0 aromatic rings. The monoisotopic (exact) mass is 168 g/mol. The van der Waals surface area contributed by atoms with Crippen LogP contribution in [-0.4, -0.2) is 22.6 Å². The van der Waals surface area contributed by atoms with Gasteiger partial charge in [-0.25, -0.2) is 0 Å². The molecule has 0 aromatic heterocycles. The summed E-state index contributed by atoms with van der Waals surface area (Å²) in [4.78, 5) is 20.7. The average molecular weight is 168 g/mol. The topological polar surface area (TPSA) is 63.6 Å². The van der Waals surface area contributed by atoms with E-state index in [1.54, 1.807) is 20.8 Å². The molecule has 0 amide bonds. The Morgan fingerprint density at radius 3 is 2.08 bits per heavy atom. The molecule has 0 aliphatic carbocycles. The standard InChI is InChI=1S/C7H12O4.Li.H/c1-7(2,3)11-6(10)4-5(8)9;;/h4H2,1-3H3,(H,8,9);;/q;+1;-1. The third-order valence-electron chi connectivity index (χ3n) is 0.716. The van der Waals surface area contributed by atoms with E-state index >= 15 is 0 Å². The Hall–Kier alpha value is -0.463. The number of carbonyl (C=O) groups excluding carboxylic acids is 1. The van der Waals surface area contributed by atoms with E-state index in [-0.39, 0.29) is 20.3 Å². The summed E-state index contributed by atoms with van der Waals surface area (Å²) in [6.45, 7) is 5.06. The first-order valence-corrected chi connectivity index (χ1v) is 3.25. The maximum absolute atomic E-state index is 10.7. The zero-order chi connectivity index (χ0) is 9.07. The molecule has 0 spiro atoms. The molecular weight excluding hydrogens is 155 g/mol. The number of esters is 1. The average Bonchev–Trinajstić information content (AvgIpc) is 1.53. The number of hydrogen-bond donors (Lipinski definition) is 1. The number of rotatable bonds is 2. The second-order valence-corrected chi connectivity index (χ2v) is 3.16. The molecule has 0 aromatic carbocycles. The number of hydrogen-bond acceptors (Lipinski definition) is 3. The van der Waals surface area contributed by atoms with E-state index in [1.165, 1.54) is 0 Å². The molecule has 12 heavy (non-hydrogen) atoms. The van der Waals surface area contributed by atoms with Gasteiger partial charge in [-0.15, -0.1) is 0 Å². The van der Waals surface area contributed by atoms with Crippen LogP contribution in [0.15, 0.2) is 0 Å². The number of aliphatic carboxylic acids is 1. The smallest absolute Gasteiger partial charge is 1.00 e. The number of carboxylic acids is 1. The van der Waals surface area contributed by atoms with Gasteiger partial charge < -0.3 is 11.3 Å². The van der Waals surface area contributed by atoms with Gasteiger partial charge in [0, 0.05) is 0 Å². The van der Waals surface area contributed by atoms with Crippen molar-refractivity contribution < 1.29 is 39.7 Å². The molecule has 4 nitrogen and oxygen atoms in total. The predicted octanol–water partition coefficient (Wildman–Crippen LogP) is -2.08. The number of ether oxygens (including phenoxy) is 1. The van der Waals surface area contributed by atoms with Crippen molar-refractivity contribution in [3.63, 3.8) is 0 Å². The molecule has 0 aliphatic heterocycles. The van der Waals surface area contributed by atoms with E-state index in [0.29, 0.717) is 0 Å². The molecule has 0 bridgehead atoms. The van der Waals surface area contributed by atoms with Crippen molar-refractivity contribution in [1.29, 1.82) is 0 Å². The van der Waals surface area contributed by atoms with Crippen LogP contribution in [0.4, 0.5) is 0 Å². The Kier molecular flexibility index (Phi) is 6.14. The van der Waals surface area contributed by atoms with Crippen molar-refractivity contribution in [3.05, 3.63) is 0 Å². The van der Waals surface area contributed by atoms with Crippen molar-refractivity contribution in [2.24, 2.45) is 0 Å². The van der Waals surface area contributed by atoms with Gasteiger partial charge in [-0.3, -0.25) is 9.59 Å². The Morgan fingerprint density at radius 2 is 1.83 bits per heavy atom. The van der Waals surface area contributed by atoms with Gasteiger partial charge >= 0.3 is 30.8 Å². The third-order valence-corrected chi connectivity index (χ3v) is 0.716. The summed E-state index contributed by atoms with van der Waals surface area (Å²) in [5, 5.41) is 8.18. The summed E-state index contributed by atoms with van der Waals surface area (Å²) in [6, 6.07) is 0. The SMILES string of the molecule is CC(C)(C)OC(=O)CC(=O)O.[H-].[Li+]. The Balaban J connectivity index is -0.000000500. The predicted molar refractivity (Wildman–Crippen MR) is 39.2 cm³/mol. The normalized spacial score (nSPS) is 9.92. The molecule has 0 heterocycles. The van der Waals surface area contributed by atoms with Crippen LogP contribution in [-0.2, 0) is 14.3 Å². The van der Waals surface area contributed by atoms with Crippen LogP contribution >= 0.6 is 0 Å². The number of carbonyl (C=O) groups is 2. The molecule has 5 heteroatoms. The zero-order valence-corrected chi connectivity index (χ0v) is 7.88. The molecule has 0 atom stereocenters. The molecule has 0 unspecified atom stereocenters. The molecule has 0 saturated heterocycles. The van der Waals surface area contributed by atoms with Gasteiger partial charge in [0.05, 0.1) is 0 Å². The van der Waals surface area contributed by atoms with Crippen LogP contribution < -0.4 is 18.9 Å². The minimum absolute atomic E-state index is 0. The largest absolute Gasteiger partial charge is 1.00 e. The quantitative estimate of drug-likeness (QED) is 0.292. The first-order chi connectivity index (χ1) is 4.81. The van der Waals surface area contributed by atoms with Crippen LogP contribution in [0.2, 0.25) is 0 Å². The molecule has 0 saturated carbocycles. The second-order valence-electron chi connectivity index (χ2n) is 3.16. The van der Waals surface area contributed by atoms with Crippen molar-refractivity contribution >= 4 is 11.9 Å². The Morgan fingerprint density at radius 1 is 1.42 bits per heavy atom. The van der Waals surface area contributed by atoms with Gasteiger partial charge in [-0.1, -0.05) is 0 Å². The molecule has 0 aliphatic rings. The van der Waals surface area contributed by atoms with Crippen molar-refractivity contribution in [2.75, 3.05) is 0 Å². The second kappa shape index (κ2) is 5.23. The molecule has 0 rings (SSSR count). The van der Waals surface area contributed by atoms with Crippen LogP contribution in [0.5, 0.6) is 0 Å². The summed E-state index contributed by atoms with van der Waals surface area (Å²) >= 11 is 0. The van der Waals surface area contributed by atoms with Gasteiger partial charge in [-0.05, 0) is 20.8 Å². The summed E-state index contributed by atoms with van der Waals surface area (Å²) in [5.74, 6) is -1.87. The van der Waals surface area contributed by atoms with Crippen LogP contribution in [0.1, 0.15) is 28.6 Å².